The predicted octanol–water partition coefficient (Wildman–Crippen LogP) is 3.46. The van der Waals surface area contributed by atoms with Crippen molar-refractivity contribution in [3.63, 3.8) is 0 Å². The molecule has 3 rings (SSSR count). The van der Waals surface area contributed by atoms with Crippen molar-refractivity contribution in [3.05, 3.63) is 80.3 Å². The van der Waals surface area contributed by atoms with Gasteiger partial charge in [0.25, 0.3) is 5.91 Å². The number of pyridine rings is 1. The number of hydrogen-bond acceptors (Lipinski definition) is 8. The fraction of sp³-hybridized carbons (Fsp3) is 0.0588. The summed E-state index contributed by atoms with van der Waals surface area (Å²) < 4.78 is 0. The summed E-state index contributed by atoms with van der Waals surface area (Å²) >= 11 is 11.8. The Labute approximate surface area is 174 Å². The van der Waals surface area contributed by atoms with Gasteiger partial charge >= 0.3 is 5.69 Å². The summed E-state index contributed by atoms with van der Waals surface area (Å²) in [6, 6.07) is 7.89. The van der Waals surface area contributed by atoms with Gasteiger partial charge in [-0.2, -0.15) is 0 Å². The number of hydrazine groups is 1. The van der Waals surface area contributed by atoms with Gasteiger partial charge in [-0.15, -0.1) is 0 Å². The molecule has 0 saturated carbocycles. The van der Waals surface area contributed by atoms with Crippen LogP contribution in [0, 0.1) is 10.1 Å². The molecule has 148 valence electrons. The SMILES string of the molecule is O=C(NNc1ncnc(NCc2cccnc2)c1[N+](=O)[O-])c1ccc(Cl)cc1Cl. The summed E-state index contributed by atoms with van der Waals surface area (Å²) in [5, 5.41) is 14.9. The maximum absolute atomic E-state index is 12.3. The molecule has 0 fully saturated rings. The molecule has 0 saturated heterocycles. The first-order valence-electron chi connectivity index (χ1n) is 8.09. The van der Waals surface area contributed by atoms with Gasteiger partial charge in [0.15, 0.2) is 0 Å². The molecular weight excluding hydrogens is 421 g/mol. The molecule has 0 radical (unpaired) electrons. The number of rotatable bonds is 7. The molecule has 2 aromatic heterocycles. The number of nitrogens with zero attached hydrogens (tertiary/aromatic N) is 4. The number of amides is 1. The van der Waals surface area contributed by atoms with Gasteiger partial charge in [0.2, 0.25) is 11.6 Å². The molecule has 0 bridgehead atoms. The van der Waals surface area contributed by atoms with Crippen LogP contribution in [0.4, 0.5) is 17.3 Å². The van der Waals surface area contributed by atoms with E-state index in [4.69, 9.17) is 23.2 Å². The summed E-state index contributed by atoms with van der Waals surface area (Å²) in [5.74, 6) is -0.836. The minimum Gasteiger partial charge on any atom is -0.360 e. The van der Waals surface area contributed by atoms with E-state index in [1.807, 2.05) is 6.07 Å². The molecule has 12 heteroatoms. The van der Waals surface area contributed by atoms with Crippen LogP contribution in [0.1, 0.15) is 15.9 Å². The first-order chi connectivity index (χ1) is 14.0. The van der Waals surface area contributed by atoms with E-state index in [1.165, 1.54) is 18.2 Å². The van der Waals surface area contributed by atoms with Crippen LogP contribution in [0.15, 0.2) is 49.1 Å². The number of carbonyl (C=O) groups is 1. The number of hydrogen-bond donors (Lipinski definition) is 3. The van der Waals surface area contributed by atoms with Gasteiger partial charge in [-0.1, -0.05) is 29.3 Å². The number of anilines is 2. The number of nitrogens with one attached hydrogen (secondary N) is 3. The molecule has 0 aliphatic rings. The summed E-state index contributed by atoms with van der Waals surface area (Å²) in [6.07, 6.45) is 4.37. The minimum absolute atomic E-state index is 0.0184. The van der Waals surface area contributed by atoms with Crippen molar-refractivity contribution in [3.8, 4) is 0 Å². The fourth-order valence-corrected chi connectivity index (χ4v) is 2.81. The molecule has 1 aromatic carbocycles. The summed E-state index contributed by atoms with van der Waals surface area (Å²) in [5.41, 5.74) is 5.27. The third kappa shape index (κ3) is 5.06. The van der Waals surface area contributed by atoms with Crippen LogP contribution < -0.4 is 16.2 Å². The molecule has 0 spiro atoms. The highest BCUT2D eigenvalue weighted by Gasteiger charge is 2.23. The Morgan fingerprint density at radius 2 is 1.97 bits per heavy atom. The lowest BCUT2D eigenvalue weighted by molar-refractivity contribution is -0.383. The average Bonchev–Trinajstić information content (AvgIpc) is 2.71. The lowest BCUT2D eigenvalue weighted by Gasteiger charge is -2.11. The maximum atomic E-state index is 12.3. The first kappa shape index (κ1) is 20.2. The van der Waals surface area contributed by atoms with E-state index >= 15 is 0 Å². The van der Waals surface area contributed by atoms with Gasteiger partial charge in [0.05, 0.1) is 15.5 Å². The molecular formula is C17H13Cl2N7O3. The number of nitro groups is 1. The van der Waals surface area contributed by atoms with Gasteiger partial charge in [-0.25, -0.2) is 9.97 Å². The van der Waals surface area contributed by atoms with Crippen LogP contribution in [0.25, 0.3) is 0 Å². The molecule has 3 N–H and O–H groups in total. The zero-order chi connectivity index (χ0) is 20.8. The fourth-order valence-electron chi connectivity index (χ4n) is 2.32. The summed E-state index contributed by atoms with van der Waals surface area (Å²) in [7, 11) is 0. The monoisotopic (exact) mass is 433 g/mol. The lowest BCUT2D eigenvalue weighted by atomic mass is 10.2. The molecule has 0 unspecified atom stereocenters. The van der Waals surface area contributed by atoms with E-state index in [0.717, 1.165) is 11.9 Å². The highest BCUT2D eigenvalue weighted by Crippen LogP contribution is 2.29. The highest BCUT2D eigenvalue weighted by atomic mass is 35.5. The van der Waals surface area contributed by atoms with E-state index in [-0.39, 0.29) is 28.8 Å². The van der Waals surface area contributed by atoms with E-state index in [2.05, 4.69) is 31.1 Å². The summed E-state index contributed by atoms with van der Waals surface area (Å²) in [6.45, 7) is 0.262. The Bertz CT molecular complexity index is 1050. The second-order valence-electron chi connectivity index (χ2n) is 5.59. The first-order valence-corrected chi connectivity index (χ1v) is 8.85. The molecule has 1 amide bonds. The molecule has 10 nitrogen and oxygen atoms in total. The van der Waals surface area contributed by atoms with Crippen molar-refractivity contribution in [1.29, 1.82) is 0 Å². The smallest absolute Gasteiger partial charge is 0.354 e. The van der Waals surface area contributed by atoms with Crippen LogP contribution in [0.5, 0.6) is 0 Å². The number of benzene rings is 1. The second kappa shape index (κ2) is 9.13. The molecule has 0 atom stereocenters. The Hall–Kier alpha value is -3.50. The molecule has 29 heavy (non-hydrogen) atoms. The van der Waals surface area contributed by atoms with Crippen LogP contribution in [-0.2, 0) is 6.54 Å². The minimum atomic E-state index is -0.657. The third-order valence-corrected chi connectivity index (χ3v) is 4.21. The van der Waals surface area contributed by atoms with Gasteiger partial charge in [0.1, 0.15) is 6.33 Å². The Balaban J connectivity index is 1.76. The van der Waals surface area contributed by atoms with E-state index in [9.17, 15) is 14.9 Å². The number of halogens is 2. The Kier molecular flexibility index (Phi) is 6.37. The van der Waals surface area contributed by atoms with Crippen LogP contribution in [0.3, 0.4) is 0 Å². The average molecular weight is 434 g/mol. The van der Waals surface area contributed by atoms with Crippen molar-refractivity contribution in [2.24, 2.45) is 0 Å². The van der Waals surface area contributed by atoms with Crippen molar-refractivity contribution in [1.82, 2.24) is 20.4 Å². The molecule has 0 aliphatic carbocycles. The van der Waals surface area contributed by atoms with E-state index < -0.39 is 16.5 Å². The van der Waals surface area contributed by atoms with Gasteiger partial charge in [-0.3, -0.25) is 30.7 Å². The van der Waals surface area contributed by atoms with Crippen LogP contribution in [-0.4, -0.2) is 25.8 Å². The quantitative estimate of drug-likeness (QED) is 0.380. The molecule has 3 aromatic rings. The topological polar surface area (TPSA) is 135 Å². The normalized spacial score (nSPS) is 10.3. The predicted molar refractivity (Wildman–Crippen MR) is 108 cm³/mol. The van der Waals surface area contributed by atoms with Crippen molar-refractivity contribution >= 4 is 46.4 Å². The van der Waals surface area contributed by atoms with Gasteiger partial charge in [-0.05, 0) is 29.8 Å². The number of carbonyl (C=O) groups excluding carboxylic acids is 1. The van der Waals surface area contributed by atoms with E-state index in [1.54, 1.807) is 18.5 Å². The zero-order valence-corrected chi connectivity index (χ0v) is 16.1. The second-order valence-corrected chi connectivity index (χ2v) is 6.44. The van der Waals surface area contributed by atoms with Crippen molar-refractivity contribution in [2.45, 2.75) is 6.54 Å². The Morgan fingerprint density at radius 3 is 2.66 bits per heavy atom. The zero-order valence-electron chi connectivity index (χ0n) is 14.6. The standard InChI is InChI=1S/C17H13Cl2N7O3/c18-11-3-4-12(13(19)6-11)17(27)25-24-16-14(26(28)29)15(22-9-23-16)21-8-10-2-1-5-20-7-10/h1-7,9H,8H2,(H,25,27)(H2,21,22,23,24). The largest absolute Gasteiger partial charge is 0.360 e. The lowest BCUT2D eigenvalue weighted by Crippen LogP contribution is -2.30. The van der Waals surface area contributed by atoms with E-state index in [0.29, 0.717) is 5.02 Å². The third-order valence-electron chi connectivity index (χ3n) is 3.66. The summed E-state index contributed by atoms with van der Waals surface area (Å²) in [4.78, 5) is 34.9. The van der Waals surface area contributed by atoms with Crippen LogP contribution in [0.2, 0.25) is 10.0 Å². The van der Waals surface area contributed by atoms with Crippen molar-refractivity contribution < 1.29 is 9.72 Å². The molecule has 2 heterocycles. The Morgan fingerprint density at radius 1 is 1.17 bits per heavy atom. The number of aromatic nitrogens is 3. The van der Waals surface area contributed by atoms with Crippen molar-refractivity contribution in [2.75, 3.05) is 10.7 Å². The van der Waals surface area contributed by atoms with Crippen LogP contribution >= 0.6 is 23.2 Å². The van der Waals surface area contributed by atoms with Gasteiger partial charge in [0, 0.05) is 24.0 Å². The molecule has 0 aliphatic heterocycles. The maximum Gasteiger partial charge on any atom is 0.354 e. The van der Waals surface area contributed by atoms with Gasteiger partial charge < -0.3 is 5.32 Å². The highest BCUT2D eigenvalue weighted by molar-refractivity contribution is 6.36.